The van der Waals surface area contributed by atoms with Gasteiger partial charge in [0.1, 0.15) is 5.39 Å². The quantitative estimate of drug-likeness (QED) is 0.508. The Balaban J connectivity index is 1.73. The number of fused-ring (bicyclic) bond motifs is 1. The number of aromatic nitrogens is 3. The van der Waals surface area contributed by atoms with Gasteiger partial charge in [-0.25, -0.2) is 0 Å². The minimum absolute atomic E-state index is 0.183. The molecule has 11 heteroatoms. The highest BCUT2D eigenvalue weighted by atomic mass is 35.5. The molecule has 0 radical (unpaired) electrons. The number of hydrogen-bond donors (Lipinski definition) is 3. The first kappa shape index (κ1) is 21.2. The normalized spacial score (nSPS) is 16.1. The molecule has 1 aliphatic carbocycles. The molecule has 1 fully saturated rings. The number of rotatable bonds is 6. The molecule has 3 N–H and O–H groups in total. The molecule has 162 valence electrons. The highest BCUT2D eigenvalue weighted by Gasteiger charge is 2.40. The van der Waals surface area contributed by atoms with Crippen LogP contribution in [0.15, 0.2) is 35.3 Å². The molecule has 2 atom stereocenters. The van der Waals surface area contributed by atoms with Gasteiger partial charge < -0.3 is 15.4 Å². The van der Waals surface area contributed by atoms with Crippen LogP contribution in [-0.2, 0) is 0 Å². The third-order valence-corrected chi connectivity index (χ3v) is 5.61. The maximum Gasteiger partial charge on any atom is 0.418 e. The van der Waals surface area contributed by atoms with E-state index in [0.717, 1.165) is 18.9 Å². The number of H-pyrrole nitrogens is 1. The number of hydrogen-bond acceptors (Lipinski definition) is 5. The second kappa shape index (κ2) is 7.90. The summed E-state index contributed by atoms with van der Waals surface area (Å²) in [7, 11) is 0. The van der Waals surface area contributed by atoms with Gasteiger partial charge in [0.15, 0.2) is 11.9 Å². The molecule has 2 aromatic heterocycles. The Morgan fingerprint density at radius 2 is 2.13 bits per heavy atom. The van der Waals surface area contributed by atoms with Gasteiger partial charge in [0.25, 0.3) is 5.56 Å². The molecular formula is C20H17ClF3N5O2. The van der Waals surface area contributed by atoms with E-state index in [2.05, 4.69) is 21.5 Å². The molecule has 31 heavy (non-hydrogen) atoms. The van der Waals surface area contributed by atoms with E-state index < -0.39 is 23.4 Å². The summed E-state index contributed by atoms with van der Waals surface area (Å²) in [6.45, 7) is 0. The first-order valence-electron chi connectivity index (χ1n) is 9.48. The van der Waals surface area contributed by atoms with Crippen molar-refractivity contribution in [2.24, 2.45) is 5.92 Å². The monoisotopic (exact) mass is 451 g/mol. The minimum Gasteiger partial charge on any atom is -0.379 e. The Kier molecular flexibility index (Phi) is 5.41. The van der Waals surface area contributed by atoms with Crippen LogP contribution >= 0.6 is 11.6 Å². The highest BCUT2D eigenvalue weighted by Crippen LogP contribution is 2.43. The van der Waals surface area contributed by atoms with Crippen LogP contribution < -0.4 is 10.9 Å². The van der Waals surface area contributed by atoms with Crippen molar-refractivity contribution in [1.29, 1.82) is 5.26 Å². The number of anilines is 2. The number of alkyl halides is 3. The number of nitrogens with zero attached hydrogens (tertiary/aromatic N) is 3. The zero-order chi connectivity index (χ0) is 22.3. The van der Waals surface area contributed by atoms with E-state index in [-0.39, 0.29) is 28.7 Å². The summed E-state index contributed by atoms with van der Waals surface area (Å²) in [4.78, 5) is 15.1. The fourth-order valence-corrected chi connectivity index (χ4v) is 3.89. The Morgan fingerprint density at radius 3 is 2.74 bits per heavy atom. The van der Waals surface area contributed by atoms with E-state index >= 15 is 0 Å². The van der Waals surface area contributed by atoms with Gasteiger partial charge in [-0.3, -0.25) is 9.48 Å². The van der Waals surface area contributed by atoms with Gasteiger partial charge in [-0.05, 0) is 37.0 Å². The van der Waals surface area contributed by atoms with Crippen molar-refractivity contribution in [2.75, 3.05) is 5.32 Å². The third kappa shape index (κ3) is 4.11. The van der Waals surface area contributed by atoms with Crippen molar-refractivity contribution < 1.29 is 18.3 Å². The number of pyridine rings is 1. The lowest BCUT2D eigenvalue weighted by Gasteiger charge is -2.17. The van der Waals surface area contributed by atoms with E-state index in [1.165, 1.54) is 18.3 Å². The van der Waals surface area contributed by atoms with Crippen LogP contribution in [0.3, 0.4) is 0 Å². The van der Waals surface area contributed by atoms with Gasteiger partial charge in [0.05, 0.1) is 24.0 Å². The molecule has 0 bridgehead atoms. The summed E-state index contributed by atoms with van der Waals surface area (Å²) >= 11 is 5.96. The smallest absolute Gasteiger partial charge is 0.379 e. The van der Waals surface area contributed by atoms with Gasteiger partial charge in [-0.2, -0.15) is 23.5 Å². The Hall–Kier alpha value is -3.03. The van der Waals surface area contributed by atoms with Gasteiger partial charge in [0, 0.05) is 22.5 Å². The summed E-state index contributed by atoms with van der Waals surface area (Å²) < 4.78 is 40.0. The van der Waals surface area contributed by atoms with Crippen molar-refractivity contribution >= 4 is 34.0 Å². The highest BCUT2D eigenvalue weighted by molar-refractivity contribution is 6.31. The molecule has 3 aromatic rings. The number of benzene rings is 1. The largest absolute Gasteiger partial charge is 0.418 e. The van der Waals surface area contributed by atoms with Crippen LogP contribution in [0.2, 0.25) is 5.02 Å². The van der Waals surface area contributed by atoms with E-state index in [1.807, 2.05) is 0 Å². The van der Waals surface area contributed by atoms with Gasteiger partial charge in [-0.1, -0.05) is 17.7 Å². The van der Waals surface area contributed by atoms with Crippen LogP contribution in [0.25, 0.3) is 10.9 Å². The van der Waals surface area contributed by atoms with Gasteiger partial charge in [-0.15, -0.1) is 0 Å². The number of nitriles is 1. The van der Waals surface area contributed by atoms with Crippen molar-refractivity contribution in [1.82, 2.24) is 14.8 Å². The Labute approximate surface area is 179 Å². The molecule has 1 aliphatic rings. The van der Waals surface area contributed by atoms with Crippen LogP contribution in [0.4, 0.5) is 24.7 Å². The lowest BCUT2D eigenvalue weighted by Crippen LogP contribution is -2.20. The molecular weight excluding hydrogens is 435 g/mol. The molecule has 1 saturated carbocycles. The lowest BCUT2D eigenvalue weighted by atomic mass is 10.1. The predicted molar refractivity (Wildman–Crippen MR) is 108 cm³/mol. The van der Waals surface area contributed by atoms with Gasteiger partial charge >= 0.3 is 6.18 Å². The minimum atomic E-state index is -4.85. The van der Waals surface area contributed by atoms with Crippen molar-refractivity contribution in [3.63, 3.8) is 0 Å². The molecule has 0 unspecified atom stereocenters. The van der Waals surface area contributed by atoms with Crippen LogP contribution in [0, 0.1) is 17.2 Å². The Morgan fingerprint density at radius 1 is 1.39 bits per heavy atom. The standard InChI is InChI=1S/C20H17ClF3N5O2/c21-13-9-11(3-4-12(13)17(30)20(22,23)24)27-18-16-15(6-8-26-19(16)31)29(28-18)14(5-7-25)10-1-2-10/h3-4,6,8-10,14,17,30H,1-2,5H2,(H,26,31)(H,27,28)/t14-,17+/m0/s1. The number of nitrogens with one attached hydrogen (secondary N) is 2. The summed E-state index contributed by atoms with van der Waals surface area (Å²) in [6, 6.07) is 7.27. The molecule has 7 nitrogen and oxygen atoms in total. The summed E-state index contributed by atoms with van der Waals surface area (Å²) in [6.07, 6.45) is -3.88. The lowest BCUT2D eigenvalue weighted by molar-refractivity contribution is -0.206. The zero-order valence-electron chi connectivity index (χ0n) is 15.9. The third-order valence-electron chi connectivity index (χ3n) is 5.28. The molecule has 0 aliphatic heterocycles. The van der Waals surface area contributed by atoms with Crippen molar-refractivity contribution in [3.8, 4) is 6.07 Å². The van der Waals surface area contributed by atoms with Crippen LogP contribution in [0.5, 0.6) is 0 Å². The number of aliphatic hydroxyl groups is 1. The molecule has 1 aromatic carbocycles. The summed E-state index contributed by atoms with van der Waals surface area (Å²) in [5.74, 6) is 0.494. The Bertz CT molecular complexity index is 1230. The number of aromatic amines is 1. The second-order valence-corrected chi connectivity index (χ2v) is 7.84. The van der Waals surface area contributed by atoms with Gasteiger partial charge in [0.2, 0.25) is 0 Å². The summed E-state index contributed by atoms with van der Waals surface area (Å²) in [5, 5.41) is 26.1. The van der Waals surface area contributed by atoms with E-state index in [0.29, 0.717) is 17.1 Å². The first-order valence-corrected chi connectivity index (χ1v) is 9.86. The number of aliphatic hydroxyl groups excluding tert-OH is 1. The van der Waals surface area contributed by atoms with Crippen molar-refractivity contribution in [2.45, 2.75) is 37.6 Å². The van der Waals surface area contributed by atoms with Crippen LogP contribution in [0.1, 0.15) is 37.0 Å². The zero-order valence-corrected chi connectivity index (χ0v) is 16.7. The number of halogens is 4. The average Bonchev–Trinajstić information content (AvgIpc) is 3.48. The summed E-state index contributed by atoms with van der Waals surface area (Å²) in [5.41, 5.74) is -0.0291. The fraction of sp³-hybridized carbons (Fsp3) is 0.350. The topological polar surface area (TPSA) is 107 Å². The molecule has 0 saturated heterocycles. The fourth-order valence-electron chi connectivity index (χ4n) is 3.61. The second-order valence-electron chi connectivity index (χ2n) is 7.43. The van der Waals surface area contributed by atoms with Crippen molar-refractivity contribution in [3.05, 3.63) is 51.4 Å². The maximum atomic E-state index is 12.8. The SMILES string of the molecule is N#CC[C@@H](C1CC1)n1nc(Nc2ccc([C@@H](O)C(F)(F)F)c(Cl)c2)c2c(=O)[nH]ccc21. The van der Waals surface area contributed by atoms with E-state index in [1.54, 1.807) is 10.7 Å². The average molecular weight is 452 g/mol. The van der Waals surface area contributed by atoms with E-state index in [4.69, 9.17) is 11.6 Å². The molecule has 0 spiro atoms. The molecule has 2 heterocycles. The van der Waals surface area contributed by atoms with E-state index in [9.17, 15) is 28.3 Å². The maximum absolute atomic E-state index is 12.8. The first-order chi connectivity index (χ1) is 14.7. The molecule has 4 rings (SSSR count). The predicted octanol–water partition coefficient (Wildman–Crippen LogP) is 4.58. The van der Waals surface area contributed by atoms with Crippen LogP contribution in [-0.4, -0.2) is 26.0 Å². The molecule has 0 amide bonds.